The molecule has 1 aromatic carbocycles. The number of carbonyl (C=O) groups is 1. The number of ether oxygens (including phenoxy) is 1. The van der Waals surface area contributed by atoms with Gasteiger partial charge in [0.15, 0.2) is 5.76 Å². The van der Waals surface area contributed by atoms with Gasteiger partial charge < -0.3 is 19.1 Å². The number of anilines is 1. The Morgan fingerprint density at radius 2 is 2.00 bits per heavy atom. The number of hydrogen-bond donors (Lipinski definition) is 0. The Balaban J connectivity index is 1.68. The molecule has 3 aromatic rings. The standard InChI is InChI=1S/C24H29N5O3/c1-15-16(2)27-32-23(15)19-14-25-24(28(3)4)26-22(19)20-7-6-12-29(20)21(30)13-17-8-10-18(31-5)11-9-17/h8-11,14,20H,6-7,12-13H2,1-5H3/t20-/m1/s1. The van der Waals surface area contributed by atoms with Crippen LogP contribution in [0.5, 0.6) is 5.75 Å². The van der Waals surface area contributed by atoms with Gasteiger partial charge in [-0.05, 0) is 44.4 Å². The minimum Gasteiger partial charge on any atom is -0.497 e. The van der Waals surface area contributed by atoms with E-state index in [0.29, 0.717) is 24.7 Å². The summed E-state index contributed by atoms with van der Waals surface area (Å²) in [5.41, 5.74) is 4.36. The Morgan fingerprint density at radius 1 is 1.25 bits per heavy atom. The van der Waals surface area contributed by atoms with Crippen LogP contribution in [0.3, 0.4) is 0 Å². The number of aryl methyl sites for hydroxylation is 1. The summed E-state index contributed by atoms with van der Waals surface area (Å²) >= 11 is 0. The van der Waals surface area contributed by atoms with Crippen LogP contribution in [0.4, 0.5) is 5.95 Å². The molecule has 0 spiro atoms. The molecule has 1 saturated heterocycles. The van der Waals surface area contributed by atoms with Crippen molar-refractivity contribution in [2.24, 2.45) is 0 Å². The fourth-order valence-corrected chi connectivity index (χ4v) is 4.07. The van der Waals surface area contributed by atoms with Crippen LogP contribution < -0.4 is 9.64 Å². The Labute approximate surface area is 188 Å². The molecule has 0 N–H and O–H groups in total. The first-order valence-corrected chi connectivity index (χ1v) is 10.8. The zero-order valence-electron chi connectivity index (χ0n) is 19.3. The lowest BCUT2D eigenvalue weighted by Gasteiger charge is -2.26. The van der Waals surface area contributed by atoms with Gasteiger partial charge in [-0.25, -0.2) is 9.97 Å². The van der Waals surface area contributed by atoms with Crippen molar-refractivity contribution in [3.8, 4) is 17.1 Å². The minimum absolute atomic E-state index is 0.0825. The van der Waals surface area contributed by atoms with E-state index in [1.165, 1.54) is 0 Å². The number of nitrogens with zero attached hydrogens (tertiary/aromatic N) is 5. The smallest absolute Gasteiger partial charge is 0.227 e. The largest absolute Gasteiger partial charge is 0.497 e. The lowest BCUT2D eigenvalue weighted by atomic mass is 10.0. The molecule has 4 rings (SSSR count). The van der Waals surface area contributed by atoms with Crippen LogP contribution in [0.15, 0.2) is 35.0 Å². The van der Waals surface area contributed by atoms with Crippen LogP contribution >= 0.6 is 0 Å². The van der Waals surface area contributed by atoms with Crippen LogP contribution in [-0.4, -0.2) is 53.7 Å². The van der Waals surface area contributed by atoms with Crippen molar-refractivity contribution in [3.63, 3.8) is 0 Å². The molecular weight excluding hydrogens is 406 g/mol. The van der Waals surface area contributed by atoms with E-state index in [1.807, 2.05) is 62.0 Å². The third-order valence-electron chi connectivity index (χ3n) is 6.01. The third-order valence-corrected chi connectivity index (χ3v) is 6.01. The first-order valence-electron chi connectivity index (χ1n) is 10.8. The van der Waals surface area contributed by atoms with E-state index < -0.39 is 0 Å². The van der Waals surface area contributed by atoms with Crippen LogP contribution in [0.1, 0.15) is 41.4 Å². The molecule has 1 atom stereocenters. The van der Waals surface area contributed by atoms with Crippen molar-refractivity contribution in [2.45, 2.75) is 39.2 Å². The molecule has 3 heterocycles. The Bertz CT molecular complexity index is 1110. The molecule has 1 aliphatic heterocycles. The van der Waals surface area contributed by atoms with Gasteiger partial charge in [-0.1, -0.05) is 17.3 Å². The molecule has 0 radical (unpaired) electrons. The summed E-state index contributed by atoms with van der Waals surface area (Å²) in [6.45, 7) is 4.60. The van der Waals surface area contributed by atoms with Gasteiger partial charge in [0.25, 0.3) is 0 Å². The zero-order valence-corrected chi connectivity index (χ0v) is 19.3. The van der Waals surface area contributed by atoms with E-state index in [-0.39, 0.29) is 11.9 Å². The van der Waals surface area contributed by atoms with Gasteiger partial charge in [-0.2, -0.15) is 0 Å². The first kappa shape index (κ1) is 21.8. The van der Waals surface area contributed by atoms with Gasteiger partial charge in [0.1, 0.15) is 5.75 Å². The van der Waals surface area contributed by atoms with E-state index in [1.54, 1.807) is 13.3 Å². The maximum atomic E-state index is 13.3. The highest BCUT2D eigenvalue weighted by molar-refractivity contribution is 5.80. The van der Waals surface area contributed by atoms with Crippen LogP contribution in [0.2, 0.25) is 0 Å². The summed E-state index contributed by atoms with van der Waals surface area (Å²) < 4.78 is 10.9. The summed E-state index contributed by atoms with van der Waals surface area (Å²) in [7, 11) is 5.45. The molecule has 8 nitrogen and oxygen atoms in total. The highest BCUT2D eigenvalue weighted by atomic mass is 16.5. The number of likely N-dealkylation sites (tertiary alicyclic amines) is 1. The second-order valence-corrected chi connectivity index (χ2v) is 8.36. The van der Waals surface area contributed by atoms with Crippen molar-refractivity contribution >= 4 is 11.9 Å². The second kappa shape index (κ2) is 8.98. The highest BCUT2D eigenvalue weighted by Crippen LogP contribution is 2.38. The lowest BCUT2D eigenvalue weighted by Crippen LogP contribution is -2.32. The van der Waals surface area contributed by atoms with Crippen LogP contribution in [-0.2, 0) is 11.2 Å². The van der Waals surface area contributed by atoms with Crippen molar-refractivity contribution in [1.82, 2.24) is 20.0 Å². The molecule has 0 aliphatic carbocycles. The molecule has 0 saturated carbocycles. The van der Waals surface area contributed by atoms with Crippen LogP contribution in [0, 0.1) is 13.8 Å². The van der Waals surface area contributed by atoms with Crippen LogP contribution in [0.25, 0.3) is 11.3 Å². The maximum absolute atomic E-state index is 13.3. The van der Waals surface area contributed by atoms with Gasteiger partial charge in [-0.3, -0.25) is 4.79 Å². The number of benzene rings is 1. The normalized spacial score (nSPS) is 15.8. The highest BCUT2D eigenvalue weighted by Gasteiger charge is 2.34. The van der Waals surface area contributed by atoms with E-state index in [0.717, 1.165) is 46.7 Å². The molecule has 1 amide bonds. The molecule has 1 fully saturated rings. The number of carbonyl (C=O) groups excluding carboxylic acids is 1. The predicted octanol–water partition coefficient (Wildman–Crippen LogP) is 3.73. The Hall–Kier alpha value is -3.42. The van der Waals surface area contributed by atoms with Gasteiger partial charge in [0, 0.05) is 32.4 Å². The molecule has 8 heteroatoms. The summed E-state index contributed by atoms with van der Waals surface area (Å²) in [6.07, 6.45) is 3.89. The molecule has 32 heavy (non-hydrogen) atoms. The minimum atomic E-state index is -0.137. The second-order valence-electron chi connectivity index (χ2n) is 8.36. The number of hydrogen-bond acceptors (Lipinski definition) is 7. The monoisotopic (exact) mass is 435 g/mol. The van der Waals surface area contributed by atoms with E-state index in [9.17, 15) is 4.79 Å². The Morgan fingerprint density at radius 3 is 2.62 bits per heavy atom. The summed E-state index contributed by atoms with van der Waals surface area (Å²) in [5, 5.41) is 4.11. The fourth-order valence-electron chi connectivity index (χ4n) is 4.07. The summed E-state index contributed by atoms with van der Waals surface area (Å²) in [5.74, 6) is 2.13. The van der Waals surface area contributed by atoms with Crippen molar-refractivity contribution in [1.29, 1.82) is 0 Å². The van der Waals surface area contributed by atoms with Gasteiger partial charge in [-0.15, -0.1) is 0 Å². The Kier molecular flexibility index (Phi) is 6.12. The van der Waals surface area contributed by atoms with E-state index in [4.69, 9.17) is 14.2 Å². The summed E-state index contributed by atoms with van der Waals surface area (Å²) in [4.78, 5) is 26.5. The average Bonchev–Trinajstić information content (AvgIpc) is 3.41. The lowest BCUT2D eigenvalue weighted by molar-refractivity contribution is -0.131. The number of methoxy groups -OCH3 is 1. The third kappa shape index (κ3) is 4.17. The molecular formula is C24H29N5O3. The number of aromatic nitrogens is 3. The van der Waals surface area contributed by atoms with Crippen molar-refractivity contribution in [2.75, 3.05) is 32.6 Å². The topological polar surface area (TPSA) is 84.6 Å². The average molecular weight is 436 g/mol. The van der Waals surface area contributed by atoms with Gasteiger partial charge >= 0.3 is 0 Å². The van der Waals surface area contributed by atoms with Crippen molar-refractivity contribution < 1.29 is 14.1 Å². The molecule has 0 unspecified atom stereocenters. The van der Waals surface area contributed by atoms with Crippen molar-refractivity contribution in [3.05, 3.63) is 53.0 Å². The summed E-state index contributed by atoms with van der Waals surface area (Å²) in [6, 6.07) is 7.49. The quantitative estimate of drug-likeness (QED) is 0.583. The van der Waals surface area contributed by atoms with Gasteiger partial charge in [0.05, 0.1) is 36.5 Å². The molecule has 0 bridgehead atoms. The predicted molar refractivity (Wildman–Crippen MR) is 122 cm³/mol. The first-order chi connectivity index (χ1) is 15.4. The number of rotatable bonds is 6. The maximum Gasteiger partial charge on any atom is 0.227 e. The molecule has 168 valence electrons. The zero-order chi connectivity index (χ0) is 22.8. The van der Waals surface area contributed by atoms with E-state index in [2.05, 4.69) is 10.1 Å². The fraction of sp³-hybridized carbons (Fsp3) is 0.417. The number of amides is 1. The SMILES string of the molecule is COc1ccc(CC(=O)N2CCC[C@@H]2c2nc(N(C)C)ncc2-c2onc(C)c2C)cc1. The van der Waals surface area contributed by atoms with E-state index >= 15 is 0 Å². The molecule has 2 aromatic heterocycles. The van der Waals surface area contributed by atoms with Gasteiger partial charge in [0.2, 0.25) is 11.9 Å². The molecule has 1 aliphatic rings.